The number of hydrogen-bond donors (Lipinski definition) is 2. The molecule has 2 N–H and O–H groups in total. The largest absolute Gasteiger partial charge is 0.464 e. The smallest absolute Gasteiger partial charge is 0.261 e. The molecule has 0 fully saturated rings. The summed E-state index contributed by atoms with van der Waals surface area (Å²) in [5.74, 6) is -0.685. The Morgan fingerprint density at radius 3 is 2.55 bits per heavy atom. The molecule has 0 saturated heterocycles. The van der Waals surface area contributed by atoms with Gasteiger partial charge < -0.3 is 19.2 Å². The summed E-state index contributed by atoms with van der Waals surface area (Å²) in [6, 6.07) is 16.1. The lowest BCUT2D eigenvalue weighted by molar-refractivity contribution is -0.136. The zero-order valence-corrected chi connectivity index (χ0v) is 26.3. The van der Waals surface area contributed by atoms with Crippen molar-refractivity contribution in [2.24, 2.45) is 5.41 Å². The quantitative estimate of drug-likeness (QED) is 0.249. The lowest BCUT2D eigenvalue weighted by atomic mass is 9.91. The highest BCUT2D eigenvalue weighted by molar-refractivity contribution is 7.92. The van der Waals surface area contributed by atoms with Gasteiger partial charge >= 0.3 is 0 Å². The van der Waals surface area contributed by atoms with Crippen molar-refractivity contribution >= 4 is 49.9 Å². The highest BCUT2D eigenvalue weighted by Gasteiger charge is 2.42. The second-order valence-electron chi connectivity index (χ2n) is 11.7. The number of furan rings is 1. The molecule has 0 aliphatic carbocycles. The average molecular weight is 620 g/mol. The average Bonchev–Trinajstić information content (AvgIpc) is 3.45. The van der Waals surface area contributed by atoms with Crippen LogP contribution in [0.15, 0.2) is 76.3 Å². The number of aromatic nitrogens is 1. The molecular weight excluding hydrogens is 582 g/mol. The Morgan fingerprint density at radius 1 is 1.07 bits per heavy atom. The number of sulfonamides is 1. The summed E-state index contributed by atoms with van der Waals surface area (Å²) in [5, 5.41) is 3.39. The number of para-hydroxylation sites is 1. The number of fused-ring (bicyclic) bond motifs is 2. The topological polar surface area (TPSA) is 134 Å². The standard InChI is InChI=1S/C32H37N5O6S/c1-6-26(21-11-12-25-27(19-21)35(4)31(40)32(2,3)30(39)33-25)37(20-22-9-7-8-10-24(22)34-44(5,41)42)17-16-36-15-13-28-23(29(36)38)14-18-43-28/h7-15,18-19,26,34H,6,16-17,20H2,1-5H3,(H,33,39). The van der Waals surface area contributed by atoms with Gasteiger partial charge in [-0.05, 0) is 61.7 Å². The fraction of sp³-hybridized carbons (Fsp3) is 0.344. The van der Waals surface area contributed by atoms with Gasteiger partial charge in [0.25, 0.3) is 5.56 Å². The van der Waals surface area contributed by atoms with E-state index in [1.165, 1.54) is 11.2 Å². The van der Waals surface area contributed by atoms with E-state index in [4.69, 9.17) is 4.42 Å². The Hall–Kier alpha value is -4.42. The maximum atomic E-state index is 13.2. The molecule has 5 rings (SSSR count). The van der Waals surface area contributed by atoms with Crippen molar-refractivity contribution in [3.8, 4) is 0 Å². The number of nitrogens with zero attached hydrogens (tertiary/aromatic N) is 3. The van der Waals surface area contributed by atoms with E-state index in [9.17, 15) is 22.8 Å². The molecule has 0 bridgehead atoms. The highest BCUT2D eigenvalue weighted by atomic mass is 32.2. The Morgan fingerprint density at radius 2 is 1.82 bits per heavy atom. The lowest BCUT2D eigenvalue weighted by Crippen LogP contribution is -2.43. The van der Waals surface area contributed by atoms with Gasteiger partial charge in [-0.15, -0.1) is 0 Å². The van der Waals surface area contributed by atoms with Crippen LogP contribution in [-0.4, -0.2) is 49.5 Å². The molecule has 0 spiro atoms. The molecular formula is C32H37N5O6S. The zero-order valence-electron chi connectivity index (χ0n) is 25.5. The van der Waals surface area contributed by atoms with Gasteiger partial charge in [-0.1, -0.05) is 31.2 Å². The number of carbonyl (C=O) groups is 2. The molecule has 2 aromatic carbocycles. The van der Waals surface area contributed by atoms with Crippen molar-refractivity contribution in [2.75, 3.05) is 34.8 Å². The van der Waals surface area contributed by atoms with Gasteiger partial charge in [-0.2, -0.15) is 0 Å². The predicted octanol–water partition coefficient (Wildman–Crippen LogP) is 4.56. The molecule has 4 aromatic rings. The van der Waals surface area contributed by atoms with Gasteiger partial charge in [0.2, 0.25) is 21.8 Å². The number of carbonyl (C=O) groups excluding carboxylic acids is 2. The van der Waals surface area contributed by atoms with E-state index in [0.29, 0.717) is 54.1 Å². The molecule has 2 aromatic heterocycles. The van der Waals surface area contributed by atoms with Gasteiger partial charge in [0, 0.05) is 38.9 Å². The highest BCUT2D eigenvalue weighted by Crippen LogP contribution is 2.38. The molecule has 12 heteroatoms. The number of hydrogen-bond acceptors (Lipinski definition) is 7. The normalized spacial score (nSPS) is 15.6. The minimum Gasteiger partial charge on any atom is -0.464 e. The second kappa shape index (κ2) is 11.9. The van der Waals surface area contributed by atoms with Crippen molar-refractivity contribution in [3.05, 3.63) is 88.5 Å². The molecule has 3 heterocycles. The zero-order chi connectivity index (χ0) is 31.8. The predicted molar refractivity (Wildman–Crippen MR) is 171 cm³/mol. The van der Waals surface area contributed by atoms with Crippen molar-refractivity contribution in [3.63, 3.8) is 0 Å². The number of anilines is 3. The van der Waals surface area contributed by atoms with Crippen LogP contribution in [0.25, 0.3) is 11.0 Å². The number of amides is 2. The molecule has 44 heavy (non-hydrogen) atoms. The van der Waals surface area contributed by atoms with Gasteiger partial charge in [0.1, 0.15) is 11.0 Å². The first-order valence-corrected chi connectivity index (χ1v) is 16.3. The summed E-state index contributed by atoms with van der Waals surface area (Å²) in [6.07, 6.45) is 4.99. The fourth-order valence-corrected chi connectivity index (χ4v) is 6.29. The molecule has 1 atom stereocenters. The van der Waals surface area contributed by atoms with Crippen LogP contribution in [0, 0.1) is 5.41 Å². The molecule has 0 radical (unpaired) electrons. The van der Waals surface area contributed by atoms with Crippen LogP contribution >= 0.6 is 0 Å². The van der Waals surface area contributed by atoms with Crippen LogP contribution in [0.3, 0.4) is 0 Å². The number of nitrogens with one attached hydrogen (secondary N) is 2. The SMILES string of the molecule is CCC(c1ccc2c(c1)N(C)C(=O)C(C)(C)C(=O)N2)N(CCn1ccc2occc2c1=O)Cc1ccccc1NS(C)(=O)=O. The van der Waals surface area contributed by atoms with E-state index in [-0.39, 0.29) is 23.4 Å². The Kier molecular flexibility index (Phi) is 8.41. The number of rotatable bonds is 10. The summed E-state index contributed by atoms with van der Waals surface area (Å²) in [6.45, 7) is 6.45. The van der Waals surface area contributed by atoms with Crippen LogP contribution in [0.1, 0.15) is 44.4 Å². The van der Waals surface area contributed by atoms with Crippen molar-refractivity contribution < 1.29 is 22.4 Å². The molecule has 1 aliphatic heterocycles. The van der Waals surface area contributed by atoms with Crippen molar-refractivity contribution in [1.82, 2.24) is 9.47 Å². The first-order valence-electron chi connectivity index (χ1n) is 14.4. The molecule has 0 saturated carbocycles. The van der Waals surface area contributed by atoms with Crippen LogP contribution in [0.4, 0.5) is 17.1 Å². The number of benzene rings is 2. The van der Waals surface area contributed by atoms with E-state index < -0.39 is 15.4 Å². The van der Waals surface area contributed by atoms with Gasteiger partial charge in [-0.25, -0.2) is 8.42 Å². The van der Waals surface area contributed by atoms with E-state index in [1.807, 2.05) is 37.3 Å². The minimum absolute atomic E-state index is 0.160. The first-order chi connectivity index (χ1) is 20.8. The van der Waals surface area contributed by atoms with E-state index in [0.717, 1.165) is 17.4 Å². The van der Waals surface area contributed by atoms with E-state index in [2.05, 4.69) is 14.9 Å². The monoisotopic (exact) mass is 619 g/mol. The van der Waals surface area contributed by atoms with Crippen LogP contribution in [0.2, 0.25) is 0 Å². The maximum absolute atomic E-state index is 13.2. The summed E-state index contributed by atoms with van der Waals surface area (Å²) < 4.78 is 33.9. The van der Waals surface area contributed by atoms with Crippen molar-refractivity contribution in [1.29, 1.82) is 0 Å². The third-order valence-electron chi connectivity index (χ3n) is 8.16. The summed E-state index contributed by atoms with van der Waals surface area (Å²) in [7, 11) is -1.86. The molecule has 2 amide bonds. The van der Waals surface area contributed by atoms with Gasteiger partial charge in [-0.3, -0.25) is 24.0 Å². The van der Waals surface area contributed by atoms with Crippen LogP contribution in [-0.2, 0) is 32.7 Å². The molecule has 232 valence electrons. The second-order valence-corrected chi connectivity index (χ2v) is 13.4. The van der Waals surface area contributed by atoms with E-state index >= 15 is 0 Å². The number of pyridine rings is 1. The van der Waals surface area contributed by atoms with Crippen LogP contribution < -0.4 is 20.5 Å². The molecule has 11 nitrogen and oxygen atoms in total. The summed E-state index contributed by atoms with van der Waals surface area (Å²) >= 11 is 0. The fourth-order valence-electron chi connectivity index (χ4n) is 5.69. The van der Waals surface area contributed by atoms with E-state index in [1.54, 1.807) is 55.9 Å². The Bertz CT molecular complexity index is 1890. The maximum Gasteiger partial charge on any atom is 0.261 e. The van der Waals surface area contributed by atoms with Crippen LogP contribution in [0.5, 0.6) is 0 Å². The lowest BCUT2D eigenvalue weighted by Gasteiger charge is -2.33. The molecule has 1 unspecified atom stereocenters. The van der Waals surface area contributed by atoms with Crippen molar-refractivity contribution in [2.45, 2.75) is 46.3 Å². The Balaban J connectivity index is 1.54. The molecule has 1 aliphatic rings. The van der Waals surface area contributed by atoms with Gasteiger partial charge in [0.05, 0.1) is 35.0 Å². The third-order valence-corrected chi connectivity index (χ3v) is 8.75. The third kappa shape index (κ3) is 6.13. The van der Waals surface area contributed by atoms with Gasteiger partial charge in [0.15, 0.2) is 0 Å². The Labute approximate surface area is 256 Å². The first kappa shape index (κ1) is 31.0. The summed E-state index contributed by atoms with van der Waals surface area (Å²) in [4.78, 5) is 42.9. The summed E-state index contributed by atoms with van der Waals surface area (Å²) in [5.41, 5.74) is 2.42. The minimum atomic E-state index is -3.52.